The van der Waals surface area contributed by atoms with Gasteiger partial charge in [0.25, 0.3) is 5.56 Å². The molecule has 2 saturated heterocycles. The van der Waals surface area contributed by atoms with Gasteiger partial charge in [0.15, 0.2) is 12.4 Å². The van der Waals surface area contributed by atoms with Gasteiger partial charge in [-0.1, -0.05) is 0 Å². The Morgan fingerprint density at radius 1 is 1.00 bits per heavy atom. The van der Waals surface area contributed by atoms with Crippen molar-refractivity contribution in [3.63, 3.8) is 0 Å². The van der Waals surface area contributed by atoms with Crippen LogP contribution in [0, 0.1) is 0 Å². The molecule has 11 atom stereocenters. The van der Waals surface area contributed by atoms with E-state index >= 15 is 0 Å². The second-order valence-electron chi connectivity index (χ2n) is 7.63. The Morgan fingerprint density at radius 3 is 2.25 bits per heavy atom. The summed E-state index contributed by atoms with van der Waals surface area (Å²) in [5.41, 5.74) is -1.76. The first-order valence-electron chi connectivity index (χ1n) is 9.95. The van der Waals surface area contributed by atoms with Crippen molar-refractivity contribution in [1.29, 1.82) is 0 Å². The molecular weight excluding hydrogens is 545 g/mol. The number of phosphoric acid groups is 2. The van der Waals surface area contributed by atoms with Gasteiger partial charge in [-0.15, -0.1) is 0 Å². The summed E-state index contributed by atoms with van der Waals surface area (Å²) in [7, 11) is -11.2. The summed E-state index contributed by atoms with van der Waals surface area (Å²) in [5, 5.41) is 48.5. The lowest BCUT2D eigenvalue weighted by molar-refractivity contribution is -0.265. The summed E-state index contributed by atoms with van der Waals surface area (Å²) < 4.78 is 61.7. The highest BCUT2D eigenvalue weighted by Crippen LogP contribution is 2.61. The molecule has 0 spiro atoms. The number of alkyl halides is 1. The molecule has 2 aliphatic rings. The zero-order valence-electron chi connectivity index (χ0n) is 17.8. The van der Waals surface area contributed by atoms with E-state index in [9.17, 15) is 53.3 Å². The minimum Gasteiger partial charge on any atom is -0.394 e. The molecule has 206 valence electrons. The molecular formula is C15H23FN2O16P2. The van der Waals surface area contributed by atoms with Crippen LogP contribution < -0.4 is 11.2 Å². The first-order valence-corrected chi connectivity index (χ1v) is 12.9. The first-order chi connectivity index (χ1) is 16.7. The second-order valence-corrected chi connectivity index (χ2v) is 10.6. The van der Waals surface area contributed by atoms with Gasteiger partial charge < -0.3 is 44.8 Å². The Kier molecular flexibility index (Phi) is 9.02. The third-order valence-electron chi connectivity index (χ3n) is 5.11. The van der Waals surface area contributed by atoms with Crippen molar-refractivity contribution < 1.29 is 71.7 Å². The standard InChI is InChI=1S/C15H23FN2O16P2/c16-8-11(23)9(21)5(3-19)32-14(8)33-36(28,29)34-35(26,27)30-4-6-10(22)12(24)13(31-6)18-2-1-7(20)17-15(18)25/h1-2,5-6,8-14,19,21-24H,3-4H2,(H,26,27)(H,28,29)(H,17,20,25)/t5-,6?,8+,9+,10+,11+,12-,13-,14-/m1/s1. The minimum absolute atomic E-state index is 0.711. The molecule has 18 nitrogen and oxygen atoms in total. The highest BCUT2D eigenvalue weighted by molar-refractivity contribution is 7.61. The third kappa shape index (κ3) is 6.53. The average molecular weight is 568 g/mol. The zero-order chi connectivity index (χ0) is 27.0. The Morgan fingerprint density at radius 2 is 1.64 bits per heavy atom. The van der Waals surface area contributed by atoms with Crippen LogP contribution in [-0.2, 0) is 32.0 Å². The molecule has 2 aliphatic heterocycles. The smallest absolute Gasteiger partial charge is 0.394 e. The monoisotopic (exact) mass is 568 g/mol. The van der Waals surface area contributed by atoms with Crippen LogP contribution in [0.2, 0.25) is 0 Å². The molecule has 0 bridgehead atoms. The van der Waals surface area contributed by atoms with E-state index in [2.05, 4.69) is 13.4 Å². The molecule has 21 heteroatoms. The molecule has 8 N–H and O–H groups in total. The lowest BCUT2D eigenvalue weighted by Gasteiger charge is -2.38. The van der Waals surface area contributed by atoms with Crippen molar-refractivity contribution in [1.82, 2.24) is 9.55 Å². The van der Waals surface area contributed by atoms with E-state index in [0.29, 0.717) is 4.57 Å². The average Bonchev–Trinajstić information content (AvgIpc) is 3.06. The molecule has 2 fully saturated rings. The molecule has 0 saturated carbocycles. The molecule has 3 rings (SSSR count). The number of hydrogen-bond donors (Lipinski definition) is 8. The summed E-state index contributed by atoms with van der Waals surface area (Å²) in [6.07, 6.45) is -16.6. The van der Waals surface area contributed by atoms with Gasteiger partial charge in [0.1, 0.15) is 36.6 Å². The Labute approximate surface area is 199 Å². The molecule has 3 unspecified atom stereocenters. The number of ether oxygens (including phenoxy) is 2. The normalized spacial score (nSPS) is 38.4. The van der Waals surface area contributed by atoms with Crippen molar-refractivity contribution in [2.45, 2.75) is 55.3 Å². The van der Waals surface area contributed by atoms with Crippen LogP contribution in [0.4, 0.5) is 4.39 Å². The van der Waals surface area contributed by atoms with Gasteiger partial charge in [0, 0.05) is 12.3 Å². The molecule has 0 aliphatic carbocycles. The van der Waals surface area contributed by atoms with Crippen molar-refractivity contribution in [3.8, 4) is 0 Å². The molecule has 0 radical (unpaired) electrons. The maximum absolute atomic E-state index is 14.1. The SMILES string of the molecule is O=c1ccn([C@@H]2OC(COP(=O)(O)OP(=O)(O)O[C@H]3O[C@H](CO)[C@H](O)[C@@H](O)[C@@H]3F)[C@H](O)[C@H]2O)c(=O)[nH]1. The fourth-order valence-electron chi connectivity index (χ4n) is 3.33. The number of nitrogens with zero attached hydrogens (tertiary/aromatic N) is 1. The van der Waals surface area contributed by atoms with Crippen LogP contribution in [0.1, 0.15) is 6.23 Å². The summed E-state index contributed by atoms with van der Waals surface area (Å²) >= 11 is 0. The highest BCUT2D eigenvalue weighted by Gasteiger charge is 2.50. The van der Waals surface area contributed by atoms with Gasteiger partial charge in [-0.05, 0) is 0 Å². The number of halogens is 1. The van der Waals surface area contributed by atoms with Gasteiger partial charge in [0.05, 0.1) is 13.2 Å². The number of aromatic nitrogens is 2. The summed E-state index contributed by atoms with van der Waals surface area (Å²) in [6, 6.07) is 0.919. The van der Waals surface area contributed by atoms with E-state index < -0.39 is 95.4 Å². The number of aliphatic hydroxyl groups is 5. The summed E-state index contributed by atoms with van der Waals surface area (Å²) in [5.74, 6) is 0. The van der Waals surface area contributed by atoms with Crippen LogP contribution in [0.3, 0.4) is 0 Å². The third-order valence-corrected chi connectivity index (χ3v) is 7.71. The quantitative estimate of drug-likeness (QED) is 0.133. The van der Waals surface area contributed by atoms with E-state index in [1.165, 1.54) is 0 Å². The molecule has 1 aromatic heterocycles. The van der Waals surface area contributed by atoms with Gasteiger partial charge >= 0.3 is 21.3 Å². The van der Waals surface area contributed by atoms with Crippen molar-refractivity contribution in [3.05, 3.63) is 33.1 Å². The number of nitrogens with one attached hydrogen (secondary N) is 1. The van der Waals surface area contributed by atoms with Crippen LogP contribution in [0.5, 0.6) is 0 Å². The zero-order valence-corrected chi connectivity index (χ0v) is 19.6. The van der Waals surface area contributed by atoms with E-state index in [0.717, 1.165) is 12.3 Å². The predicted octanol–water partition coefficient (Wildman–Crippen LogP) is -3.82. The number of phosphoric ester groups is 2. The maximum atomic E-state index is 14.1. The van der Waals surface area contributed by atoms with Gasteiger partial charge in [-0.3, -0.25) is 23.4 Å². The van der Waals surface area contributed by atoms with Gasteiger partial charge in [0.2, 0.25) is 6.29 Å². The first kappa shape index (κ1) is 29.2. The lowest BCUT2D eigenvalue weighted by Crippen LogP contribution is -2.57. The van der Waals surface area contributed by atoms with Crippen LogP contribution in [0.25, 0.3) is 0 Å². The fourth-order valence-corrected chi connectivity index (χ4v) is 5.48. The minimum atomic E-state index is -5.67. The van der Waals surface area contributed by atoms with Gasteiger partial charge in [-0.2, -0.15) is 4.31 Å². The fraction of sp³-hybridized carbons (Fsp3) is 0.733. The number of H-pyrrole nitrogens is 1. The van der Waals surface area contributed by atoms with Crippen LogP contribution >= 0.6 is 15.6 Å². The Bertz CT molecular complexity index is 1130. The maximum Gasteiger partial charge on any atom is 0.483 e. The molecule has 0 aromatic carbocycles. The van der Waals surface area contributed by atoms with Gasteiger partial charge in [-0.25, -0.2) is 18.3 Å². The van der Waals surface area contributed by atoms with Crippen molar-refractivity contribution in [2.75, 3.05) is 13.2 Å². The second kappa shape index (κ2) is 11.1. The number of hydrogen-bond acceptors (Lipinski definition) is 14. The molecule has 3 heterocycles. The highest BCUT2D eigenvalue weighted by atomic mass is 31.3. The van der Waals surface area contributed by atoms with Crippen molar-refractivity contribution in [2.24, 2.45) is 0 Å². The Balaban J connectivity index is 1.61. The molecule has 0 amide bonds. The topological polar surface area (TPSA) is 277 Å². The predicted molar refractivity (Wildman–Crippen MR) is 108 cm³/mol. The van der Waals surface area contributed by atoms with Crippen LogP contribution in [-0.4, -0.2) is 107 Å². The van der Waals surface area contributed by atoms with Crippen LogP contribution in [0.15, 0.2) is 21.9 Å². The molecule has 1 aromatic rings. The number of rotatable bonds is 9. The van der Waals surface area contributed by atoms with E-state index in [1.807, 2.05) is 4.98 Å². The van der Waals surface area contributed by atoms with E-state index in [1.54, 1.807) is 0 Å². The summed E-state index contributed by atoms with van der Waals surface area (Å²) in [6.45, 7) is -2.01. The molecule has 36 heavy (non-hydrogen) atoms. The van der Waals surface area contributed by atoms with Crippen molar-refractivity contribution >= 4 is 15.6 Å². The lowest BCUT2D eigenvalue weighted by atomic mass is 10.0. The number of aromatic amines is 1. The summed E-state index contributed by atoms with van der Waals surface area (Å²) in [4.78, 5) is 44.4. The Hall–Kier alpha value is -1.41. The van der Waals surface area contributed by atoms with E-state index in [-0.39, 0.29) is 0 Å². The number of aliphatic hydroxyl groups excluding tert-OH is 5. The largest absolute Gasteiger partial charge is 0.483 e. The van der Waals surface area contributed by atoms with E-state index in [4.69, 9.17) is 14.6 Å².